The molecule has 2 aliphatic heterocycles. The van der Waals surface area contributed by atoms with E-state index < -0.39 is 0 Å². The first kappa shape index (κ1) is 12.8. The summed E-state index contributed by atoms with van der Waals surface area (Å²) in [5.74, 6) is 1.45. The molecule has 5 heteroatoms. The minimum atomic E-state index is -0.349. The molecule has 0 bridgehead atoms. The molecular weight excluding hydrogens is 359 g/mol. The number of rotatable bonds is 3. The molecule has 0 spiro atoms. The van der Waals surface area contributed by atoms with E-state index in [1.54, 1.807) is 0 Å². The Morgan fingerprint density at radius 2 is 2.21 bits per heavy atom. The van der Waals surface area contributed by atoms with Crippen molar-refractivity contribution >= 4 is 34.3 Å². The van der Waals surface area contributed by atoms with Gasteiger partial charge in [0.15, 0.2) is 11.5 Å². The maximum Gasteiger partial charge on any atom is 0.348 e. The van der Waals surface area contributed by atoms with Crippen LogP contribution in [0.25, 0.3) is 5.76 Å². The quantitative estimate of drug-likeness (QED) is 0.597. The number of esters is 1. The van der Waals surface area contributed by atoms with Crippen LogP contribution in [0.5, 0.6) is 11.5 Å². The van der Waals surface area contributed by atoms with E-state index in [-0.39, 0.29) is 12.8 Å². The number of halogens is 1. The van der Waals surface area contributed by atoms with Gasteiger partial charge < -0.3 is 14.2 Å². The first-order valence-electron chi connectivity index (χ1n) is 6.26. The Morgan fingerprint density at radius 1 is 1.37 bits per heavy atom. The summed E-state index contributed by atoms with van der Waals surface area (Å²) in [5, 5.41) is 0. The molecule has 1 aromatic carbocycles. The second kappa shape index (κ2) is 5.03. The molecule has 2 heterocycles. The van der Waals surface area contributed by atoms with E-state index >= 15 is 0 Å². The summed E-state index contributed by atoms with van der Waals surface area (Å²) in [6.07, 6.45) is 3.12. The number of unbranched alkanes of at least 4 members (excludes halogenated alkanes) is 1. The predicted octanol–water partition coefficient (Wildman–Crippen LogP) is 3.88. The van der Waals surface area contributed by atoms with Gasteiger partial charge in [0, 0.05) is 9.14 Å². The number of allylic oxidation sites excluding steroid dienone is 1. The van der Waals surface area contributed by atoms with Gasteiger partial charge in [0.05, 0.1) is 0 Å². The molecule has 3 rings (SSSR count). The maximum absolute atomic E-state index is 12.0. The number of cyclic esters (lactones) is 1. The summed E-state index contributed by atoms with van der Waals surface area (Å²) < 4.78 is 17.1. The van der Waals surface area contributed by atoms with Crippen LogP contribution in [0.15, 0.2) is 15.7 Å². The summed E-state index contributed by atoms with van der Waals surface area (Å²) in [6, 6.07) is 3.69. The highest BCUT2D eigenvalue weighted by Crippen LogP contribution is 2.45. The van der Waals surface area contributed by atoms with Crippen LogP contribution in [0.1, 0.15) is 42.1 Å². The van der Waals surface area contributed by atoms with Gasteiger partial charge >= 0.3 is 5.97 Å². The van der Waals surface area contributed by atoms with Crippen LogP contribution in [-0.4, -0.2) is 12.8 Å². The molecule has 1 aromatic rings. The zero-order chi connectivity index (χ0) is 13.4. The van der Waals surface area contributed by atoms with Gasteiger partial charge in [-0.05, 0) is 47.6 Å². The lowest BCUT2D eigenvalue weighted by Gasteiger charge is -2.04. The largest absolute Gasteiger partial charge is 0.454 e. The molecule has 2 aliphatic rings. The average molecular weight is 372 g/mol. The molecule has 0 radical (unpaired) electrons. The molecule has 0 amide bonds. The molecule has 0 N–H and O–H groups in total. The van der Waals surface area contributed by atoms with Crippen molar-refractivity contribution in [1.82, 2.24) is 0 Å². The Hall–Kier alpha value is -1.24. The molecule has 0 saturated carbocycles. The van der Waals surface area contributed by atoms with Crippen molar-refractivity contribution in [2.45, 2.75) is 26.2 Å². The zero-order valence-corrected chi connectivity index (χ0v) is 12.7. The highest BCUT2D eigenvalue weighted by Gasteiger charge is 2.35. The first-order valence-corrected chi connectivity index (χ1v) is 7.34. The summed E-state index contributed by atoms with van der Waals surface area (Å²) in [5.41, 5.74) is 1.31. The highest BCUT2D eigenvalue weighted by molar-refractivity contribution is 14.1. The van der Waals surface area contributed by atoms with Gasteiger partial charge in [-0.3, -0.25) is 0 Å². The summed E-state index contributed by atoms with van der Waals surface area (Å²) in [7, 11) is 0. The number of benzene rings is 1. The van der Waals surface area contributed by atoms with E-state index in [9.17, 15) is 4.79 Å². The van der Waals surface area contributed by atoms with Gasteiger partial charge in [0.25, 0.3) is 0 Å². The molecule has 100 valence electrons. The standard InChI is InChI=1S/C14H13IO4/c1-2-3-4-9(15)12-8-5-6-10-13(18-7-17-10)11(8)14(16)19-12/h5-6H,2-4,7H2,1H3/b12-9+. The van der Waals surface area contributed by atoms with Gasteiger partial charge in [-0.25, -0.2) is 4.79 Å². The smallest absolute Gasteiger partial charge is 0.348 e. The summed E-state index contributed by atoms with van der Waals surface area (Å²) in [4.78, 5) is 12.0. The average Bonchev–Trinajstić information content (AvgIpc) is 2.99. The van der Waals surface area contributed by atoms with Crippen molar-refractivity contribution in [2.75, 3.05) is 6.79 Å². The van der Waals surface area contributed by atoms with Gasteiger partial charge in [0.2, 0.25) is 6.79 Å². The molecule has 0 aliphatic carbocycles. The molecule has 0 atom stereocenters. The lowest BCUT2D eigenvalue weighted by atomic mass is 10.1. The van der Waals surface area contributed by atoms with Crippen molar-refractivity contribution in [3.63, 3.8) is 0 Å². The number of carbonyl (C=O) groups excluding carboxylic acids is 1. The molecule has 0 aromatic heterocycles. The summed E-state index contributed by atoms with van der Waals surface area (Å²) in [6.45, 7) is 2.30. The van der Waals surface area contributed by atoms with Gasteiger partial charge in [-0.2, -0.15) is 0 Å². The maximum atomic E-state index is 12.0. The fourth-order valence-electron chi connectivity index (χ4n) is 2.21. The zero-order valence-electron chi connectivity index (χ0n) is 10.5. The van der Waals surface area contributed by atoms with Crippen molar-refractivity contribution < 1.29 is 19.0 Å². The first-order chi connectivity index (χ1) is 9.22. The Labute approximate surface area is 124 Å². The second-order valence-corrected chi connectivity index (χ2v) is 5.75. The van der Waals surface area contributed by atoms with Crippen LogP contribution < -0.4 is 9.47 Å². The van der Waals surface area contributed by atoms with E-state index in [0.717, 1.165) is 28.4 Å². The Balaban J connectivity index is 2.06. The van der Waals surface area contributed by atoms with Crippen molar-refractivity contribution in [3.8, 4) is 11.5 Å². The third kappa shape index (κ3) is 2.09. The number of hydrogen-bond donors (Lipinski definition) is 0. The van der Waals surface area contributed by atoms with E-state index in [1.165, 1.54) is 0 Å². The molecule has 19 heavy (non-hydrogen) atoms. The van der Waals surface area contributed by atoms with Gasteiger partial charge in [-0.15, -0.1) is 0 Å². The van der Waals surface area contributed by atoms with Gasteiger partial charge in [-0.1, -0.05) is 13.3 Å². The van der Waals surface area contributed by atoms with Crippen LogP contribution in [0.2, 0.25) is 0 Å². The molecular formula is C14H13IO4. The number of fused-ring (bicyclic) bond motifs is 3. The third-order valence-corrected chi connectivity index (χ3v) is 4.21. The highest BCUT2D eigenvalue weighted by atomic mass is 127. The van der Waals surface area contributed by atoms with Crippen molar-refractivity contribution in [3.05, 3.63) is 26.8 Å². The molecule has 0 saturated heterocycles. The Kier molecular flexibility index (Phi) is 3.38. The number of hydrogen-bond acceptors (Lipinski definition) is 4. The third-order valence-electron chi connectivity index (χ3n) is 3.18. The van der Waals surface area contributed by atoms with E-state index in [2.05, 4.69) is 29.5 Å². The SMILES string of the molecule is CCCC/C(I)=C1\OC(=O)c2c1ccc1c2OCO1. The Morgan fingerprint density at radius 3 is 3.00 bits per heavy atom. The molecule has 0 unspecified atom stereocenters. The van der Waals surface area contributed by atoms with Crippen LogP contribution in [0, 0.1) is 0 Å². The minimum absolute atomic E-state index is 0.158. The number of ether oxygens (including phenoxy) is 3. The normalized spacial score (nSPS) is 18.3. The van der Waals surface area contributed by atoms with E-state index in [4.69, 9.17) is 14.2 Å². The fourth-order valence-corrected chi connectivity index (χ4v) is 2.99. The Bertz CT molecular complexity index is 577. The van der Waals surface area contributed by atoms with Crippen LogP contribution in [0.4, 0.5) is 0 Å². The minimum Gasteiger partial charge on any atom is -0.454 e. The van der Waals surface area contributed by atoms with Crippen LogP contribution in [0.3, 0.4) is 0 Å². The van der Waals surface area contributed by atoms with Crippen LogP contribution >= 0.6 is 22.6 Å². The molecule has 0 fully saturated rings. The topological polar surface area (TPSA) is 44.8 Å². The van der Waals surface area contributed by atoms with Crippen LogP contribution in [-0.2, 0) is 4.74 Å². The van der Waals surface area contributed by atoms with Crippen molar-refractivity contribution in [2.24, 2.45) is 0 Å². The van der Waals surface area contributed by atoms with Gasteiger partial charge in [0.1, 0.15) is 11.3 Å². The lowest BCUT2D eigenvalue weighted by Crippen LogP contribution is -1.98. The molecule has 4 nitrogen and oxygen atoms in total. The van der Waals surface area contributed by atoms with Crippen molar-refractivity contribution in [1.29, 1.82) is 0 Å². The second-order valence-electron chi connectivity index (χ2n) is 4.45. The predicted molar refractivity (Wildman–Crippen MR) is 78.4 cm³/mol. The monoisotopic (exact) mass is 372 g/mol. The van der Waals surface area contributed by atoms with E-state index in [0.29, 0.717) is 22.8 Å². The van der Waals surface area contributed by atoms with E-state index in [1.807, 2.05) is 12.1 Å². The summed E-state index contributed by atoms with van der Waals surface area (Å²) >= 11 is 2.25. The number of carbonyl (C=O) groups is 1. The fraction of sp³-hybridized carbons (Fsp3) is 0.357. The lowest BCUT2D eigenvalue weighted by molar-refractivity contribution is 0.0711.